The Morgan fingerprint density at radius 2 is 1.93 bits per heavy atom. The minimum atomic E-state index is -4.31. The normalized spacial score (nSPS) is 11.5. The first-order valence-corrected chi connectivity index (χ1v) is 4.23. The number of hydrogen-bond acceptors (Lipinski definition) is 1. The third kappa shape index (κ3) is 2.00. The fourth-order valence-electron chi connectivity index (χ4n) is 1.39. The summed E-state index contributed by atoms with van der Waals surface area (Å²) in [5, 5.41) is 0. The average molecular weight is 204 g/mol. The highest BCUT2D eigenvalue weighted by atomic mass is 19.4. The van der Waals surface area contributed by atoms with Crippen molar-refractivity contribution in [2.24, 2.45) is 0 Å². The molecule has 0 fully saturated rings. The molecule has 1 aromatic rings. The standard InChI is InChI=1S/C10H11F3O/c1-3-7-8(10(11,12)13)5-4-6-9(7)14-2/h4-6H,3H2,1-2H3. The van der Waals surface area contributed by atoms with Gasteiger partial charge in [-0.2, -0.15) is 13.2 Å². The Balaban J connectivity index is 3.29. The molecule has 0 N–H and O–H groups in total. The summed E-state index contributed by atoms with van der Waals surface area (Å²) < 4.78 is 42.4. The van der Waals surface area contributed by atoms with Crippen molar-refractivity contribution in [3.05, 3.63) is 29.3 Å². The molecule has 0 aliphatic rings. The third-order valence-corrected chi connectivity index (χ3v) is 2.01. The predicted molar refractivity (Wildman–Crippen MR) is 47.4 cm³/mol. The second-order valence-electron chi connectivity index (χ2n) is 2.84. The maximum absolute atomic E-state index is 12.5. The summed E-state index contributed by atoms with van der Waals surface area (Å²) in [5.41, 5.74) is -0.401. The first kappa shape index (κ1) is 10.9. The van der Waals surface area contributed by atoms with Crippen LogP contribution in [0, 0.1) is 0 Å². The molecule has 1 nitrogen and oxygen atoms in total. The number of halogens is 3. The third-order valence-electron chi connectivity index (χ3n) is 2.01. The predicted octanol–water partition coefficient (Wildman–Crippen LogP) is 3.28. The Bertz CT molecular complexity index is 318. The maximum atomic E-state index is 12.5. The first-order chi connectivity index (χ1) is 6.50. The molecule has 0 spiro atoms. The zero-order chi connectivity index (χ0) is 10.8. The molecule has 0 aliphatic heterocycles. The van der Waals surface area contributed by atoms with Gasteiger partial charge in [-0.15, -0.1) is 0 Å². The van der Waals surface area contributed by atoms with Crippen LogP contribution in [0.4, 0.5) is 13.2 Å². The first-order valence-electron chi connectivity index (χ1n) is 4.23. The van der Waals surface area contributed by atoms with Gasteiger partial charge in [0.1, 0.15) is 5.75 Å². The van der Waals surface area contributed by atoms with Gasteiger partial charge in [0, 0.05) is 5.56 Å². The van der Waals surface area contributed by atoms with Crippen LogP contribution in [0.1, 0.15) is 18.1 Å². The molecule has 0 saturated carbocycles. The van der Waals surface area contributed by atoms with Crippen molar-refractivity contribution in [1.82, 2.24) is 0 Å². The molecule has 0 bridgehead atoms. The molecule has 0 heterocycles. The van der Waals surface area contributed by atoms with Gasteiger partial charge in [-0.25, -0.2) is 0 Å². The molecule has 1 rings (SSSR count). The van der Waals surface area contributed by atoms with Gasteiger partial charge >= 0.3 is 6.18 Å². The van der Waals surface area contributed by atoms with Gasteiger partial charge in [-0.05, 0) is 18.6 Å². The second kappa shape index (κ2) is 3.90. The molecular formula is C10H11F3O. The van der Waals surface area contributed by atoms with Gasteiger partial charge in [-0.3, -0.25) is 0 Å². The van der Waals surface area contributed by atoms with Crippen LogP contribution >= 0.6 is 0 Å². The van der Waals surface area contributed by atoms with E-state index in [0.717, 1.165) is 6.07 Å². The Morgan fingerprint density at radius 1 is 1.29 bits per heavy atom. The second-order valence-corrected chi connectivity index (χ2v) is 2.84. The number of ether oxygens (including phenoxy) is 1. The Kier molecular flexibility index (Phi) is 3.03. The molecule has 1 aromatic carbocycles. The molecule has 0 radical (unpaired) electrons. The van der Waals surface area contributed by atoms with Gasteiger partial charge < -0.3 is 4.74 Å². The lowest BCUT2D eigenvalue weighted by molar-refractivity contribution is -0.138. The summed E-state index contributed by atoms with van der Waals surface area (Å²) in [6.45, 7) is 1.67. The van der Waals surface area contributed by atoms with Crippen molar-refractivity contribution in [3.63, 3.8) is 0 Å². The van der Waals surface area contributed by atoms with Gasteiger partial charge in [0.25, 0.3) is 0 Å². The van der Waals surface area contributed by atoms with Crippen LogP contribution in [0.2, 0.25) is 0 Å². The number of alkyl halides is 3. The van der Waals surface area contributed by atoms with E-state index in [1.807, 2.05) is 0 Å². The fourth-order valence-corrected chi connectivity index (χ4v) is 1.39. The van der Waals surface area contributed by atoms with E-state index in [1.54, 1.807) is 6.92 Å². The summed E-state index contributed by atoms with van der Waals surface area (Å²) in [7, 11) is 1.37. The molecule has 0 atom stereocenters. The zero-order valence-corrected chi connectivity index (χ0v) is 7.98. The number of hydrogen-bond donors (Lipinski definition) is 0. The van der Waals surface area contributed by atoms with Crippen LogP contribution in [0.5, 0.6) is 5.75 Å². The fraction of sp³-hybridized carbons (Fsp3) is 0.400. The highest BCUT2D eigenvalue weighted by Crippen LogP contribution is 2.35. The Morgan fingerprint density at radius 3 is 2.36 bits per heavy atom. The monoisotopic (exact) mass is 204 g/mol. The average Bonchev–Trinajstić information content (AvgIpc) is 2.15. The minimum absolute atomic E-state index is 0.211. The minimum Gasteiger partial charge on any atom is -0.496 e. The van der Waals surface area contributed by atoms with Gasteiger partial charge in [0.2, 0.25) is 0 Å². The topological polar surface area (TPSA) is 9.23 Å². The Labute approximate surface area is 80.5 Å². The molecule has 4 heteroatoms. The van der Waals surface area contributed by atoms with E-state index in [9.17, 15) is 13.2 Å². The number of benzene rings is 1. The van der Waals surface area contributed by atoms with E-state index < -0.39 is 11.7 Å². The largest absolute Gasteiger partial charge is 0.496 e. The van der Waals surface area contributed by atoms with Gasteiger partial charge in [-0.1, -0.05) is 13.0 Å². The van der Waals surface area contributed by atoms with Crippen LogP contribution in [0.25, 0.3) is 0 Å². The van der Waals surface area contributed by atoms with Crippen molar-refractivity contribution in [2.75, 3.05) is 7.11 Å². The summed E-state index contributed by atoms with van der Waals surface area (Å²) in [5.74, 6) is 0.294. The van der Waals surface area contributed by atoms with Gasteiger partial charge in [0.05, 0.1) is 12.7 Å². The molecular weight excluding hydrogens is 193 g/mol. The van der Waals surface area contributed by atoms with Crippen molar-refractivity contribution in [2.45, 2.75) is 19.5 Å². The lowest BCUT2D eigenvalue weighted by Gasteiger charge is -2.14. The van der Waals surface area contributed by atoms with E-state index in [0.29, 0.717) is 12.2 Å². The molecule has 0 amide bonds. The van der Waals surface area contributed by atoms with Crippen molar-refractivity contribution < 1.29 is 17.9 Å². The van der Waals surface area contributed by atoms with E-state index >= 15 is 0 Å². The lowest BCUT2D eigenvalue weighted by Crippen LogP contribution is -2.09. The van der Waals surface area contributed by atoms with E-state index in [4.69, 9.17) is 4.74 Å². The zero-order valence-electron chi connectivity index (χ0n) is 7.98. The molecule has 0 saturated heterocycles. The van der Waals surface area contributed by atoms with Crippen LogP contribution in [0.15, 0.2) is 18.2 Å². The maximum Gasteiger partial charge on any atom is 0.416 e. The smallest absolute Gasteiger partial charge is 0.416 e. The molecule has 0 aliphatic carbocycles. The summed E-state index contributed by atoms with van der Waals surface area (Å²) in [6, 6.07) is 3.95. The Hall–Kier alpha value is -1.19. The SMILES string of the molecule is CCc1c(OC)cccc1C(F)(F)F. The van der Waals surface area contributed by atoms with Crippen molar-refractivity contribution in [3.8, 4) is 5.75 Å². The van der Waals surface area contributed by atoms with E-state index in [1.165, 1.54) is 19.2 Å². The summed E-state index contributed by atoms with van der Waals surface area (Å²) in [6.07, 6.45) is -4.00. The molecule has 14 heavy (non-hydrogen) atoms. The van der Waals surface area contributed by atoms with Crippen molar-refractivity contribution >= 4 is 0 Å². The van der Waals surface area contributed by atoms with Crippen molar-refractivity contribution in [1.29, 1.82) is 0 Å². The van der Waals surface area contributed by atoms with Gasteiger partial charge in [0.15, 0.2) is 0 Å². The highest BCUT2D eigenvalue weighted by Gasteiger charge is 2.33. The lowest BCUT2D eigenvalue weighted by atomic mass is 10.0. The quantitative estimate of drug-likeness (QED) is 0.718. The molecule has 0 unspecified atom stereocenters. The highest BCUT2D eigenvalue weighted by molar-refractivity contribution is 5.41. The van der Waals surface area contributed by atoms with E-state index in [2.05, 4.69) is 0 Å². The molecule has 78 valence electrons. The van der Waals surface area contributed by atoms with Crippen LogP contribution < -0.4 is 4.74 Å². The van der Waals surface area contributed by atoms with E-state index in [-0.39, 0.29) is 5.56 Å². The number of rotatable bonds is 2. The van der Waals surface area contributed by atoms with Crippen LogP contribution in [0.3, 0.4) is 0 Å². The van der Waals surface area contributed by atoms with Crippen LogP contribution in [-0.2, 0) is 12.6 Å². The number of methoxy groups -OCH3 is 1. The van der Waals surface area contributed by atoms with Crippen LogP contribution in [-0.4, -0.2) is 7.11 Å². The summed E-state index contributed by atoms with van der Waals surface area (Å²) in [4.78, 5) is 0. The summed E-state index contributed by atoms with van der Waals surface area (Å²) >= 11 is 0. The molecule has 0 aromatic heterocycles.